The number of hydrogen-bond acceptors (Lipinski definition) is 5. The van der Waals surface area contributed by atoms with Crippen molar-refractivity contribution in [1.29, 1.82) is 0 Å². The summed E-state index contributed by atoms with van der Waals surface area (Å²) in [6.45, 7) is 4.90. The predicted molar refractivity (Wildman–Crippen MR) is 98.7 cm³/mol. The number of carbonyl (C=O) groups is 3. The molecule has 0 aromatic heterocycles. The van der Waals surface area contributed by atoms with Crippen molar-refractivity contribution < 1.29 is 23.3 Å². The maximum Gasteiger partial charge on any atom is 0.328 e. The molecule has 3 atom stereocenters. The Morgan fingerprint density at radius 1 is 1.12 bits per heavy atom. The zero-order chi connectivity index (χ0) is 19.7. The summed E-state index contributed by atoms with van der Waals surface area (Å²) in [7, 11) is -0.0692. The van der Waals surface area contributed by atoms with Gasteiger partial charge in [0.25, 0.3) is 0 Å². The minimum absolute atomic E-state index is 0.157. The first-order chi connectivity index (χ1) is 12.3. The average Bonchev–Trinajstić information content (AvgIpc) is 2.62. The molecule has 0 saturated carbocycles. The van der Waals surface area contributed by atoms with Crippen molar-refractivity contribution in [3.05, 3.63) is 30.3 Å². The first kappa shape index (κ1) is 21.8. The first-order valence-electron chi connectivity index (χ1n) is 8.35. The smallest absolute Gasteiger partial charge is 0.328 e. The van der Waals surface area contributed by atoms with Gasteiger partial charge >= 0.3 is 5.97 Å². The van der Waals surface area contributed by atoms with E-state index in [2.05, 4.69) is 10.6 Å². The number of ether oxygens (including phenoxy) is 1. The second kappa shape index (κ2) is 10.7. The van der Waals surface area contributed by atoms with Crippen LogP contribution < -0.4 is 10.6 Å². The molecule has 0 aliphatic rings. The van der Waals surface area contributed by atoms with E-state index in [4.69, 9.17) is 4.74 Å². The molecule has 0 heterocycles. The average molecular weight is 382 g/mol. The van der Waals surface area contributed by atoms with Crippen LogP contribution in [0.2, 0.25) is 0 Å². The molecule has 2 amide bonds. The highest BCUT2D eigenvalue weighted by atomic mass is 32.2. The van der Waals surface area contributed by atoms with Crippen molar-refractivity contribution >= 4 is 28.6 Å². The summed E-state index contributed by atoms with van der Waals surface area (Å²) in [5.41, 5.74) is 0. The number of rotatable bonds is 9. The Morgan fingerprint density at radius 3 is 2.23 bits per heavy atom. The van der Waals surface area contributed by atoms with E-state index in [0.717, 1.165) is 0 Å². The van der Waals surface area contributed by atoms with Gasteiger partial charge in [-0.3, -0.25) is 13.8 Å². The van der Waals surface area contributed by atoms with Crippen LogP contribution in [0.5, 0.6) is 0 Å². The molecule has 26 heavy (non-hydrogen) atoms. The van der Waals surface area contributed by atoms with Crippen LogP contribution in [0.1, 0.15) is 27.2 Å². The molecule has 1 rings (SSSR count). The van der Waals surface area contributed by atoms with Gasteiger partial charge in [-0.15, -0.1) is 0 Å². The third kappa shape index (κ3) is 6.95. The summed E-state index contributed by atoms with van der Waals surface area (Å²) in [4.78, 5) is 36.4. The summed E-state index contributed by atoms with van der Waals surface area (Å²) < 4.78 is 17.1. The lowest BCUT2D eigenvalue weighted by atomic mass is 10.0. The predicted octanol–water partition coefficient (Wildman–Crippen LogP) is 1.00. The van der Waals surface area contributed by atoms with E-state index in [0.29, 0.717) is 4.90 Å². The zero-order valence-electron chi connectivity index (χ0n) is 15.5. The van der Waals surface area contributed by atoms with E-state index in [1.54, 1.807) is 38.1 Å². The molecule has 144 valence electrons. The molecule has 1 aromatic carbocycles. The molecule has 0 unspecified atom stereocenters. The number of carbonyl (C=O) groups excluding carboxylic acids is 3. The number of nitrogens with one attached hydrogen (secondary N) is 2. The first-order valence-corrected chi connectivity index (χ1v) is 9.66. The molecule has 8 heteroatoms. The summed E-state index contributed by atoms with van der Waals surface area (Å²) in [6.07, 6.45) is 0.158. The fraction of sp³-hybridized carbons (Fsp3) is 0.500. The molecule has 1 aromatic rings. The molecule has 0 bridgehead atoms. The summed E-state index contributed by atoms with van der Waals surface area (Å²) in [5.74, 6) is -1.39. The number of amides is 2. The normalized spacial score (nSPS) is 14.2. The van der Waals surface area contributed by atoms with Crippen LogP contribution in [-0.2, 0) is 29.9 Å². The van der Waals surface area contributed by atoms with E-state index in [1.807, 2.05) is 6.07 Å². The van der Waals surface area contributed by atoms with Crippen LogP contribution in [0.25, 0.3) is 0 Å². The van der Waals surface area contributed by atoms with E-state index in [1.165, 1.54) is 14.0 Å². The minimum atomic E-state index is -1.29. The standard InChI is InChI=1S/C18H26N2O5S/c1-12(2)16(19-13(3)21)17(22)20-15(18(23)25-4)10-11-26(24)14-8-6-5-7-9-14/h5-9,12,15-16H,10-11H2,1-4H3,(H,19,21)(H,20,22)/t15-,16+,26-/m0/s1. The van der Waals surface area contributed by atoms with Crippen LogP contribution in [0.3, 0.4) is 0 Å². The van der Waals surface area contributed by atoms with Crippen molar-refractivity contribution in [3.63, 3.8) is 0 Å². The van der Waals surface area contributed by atoms with Crippen LogP contribution in [0.15, 0.2) is 35.2 Å². The van der Waals surface area contributed by atoms with Crippen LogP contribution in [0.4, 0.5) is 0 Å². The highest BCUT2D eigenvalue weighted by Gasteiger charge is 2.28. The highest BCUT2D eigenvalue weighted by Crippen LogP contribution is 2.09. The summed E-state index contributed by atoms with van der Waals surface area (Å²) >= 11 is 0. The van der Waals surface area contributed by atoms with Crippen molar-refractivity contribution in [1.82, 2.24) is 10.6 Å². The molecule has 0 fully saturated rings. The Balaban J connectivity index is 2.77. The van der Waals surface area contributed by atoms with Crippen molar-refractivity contribution in [2.75, 3.05) is 12.9 Å². The van der Waals surface area contributed by atoms with Crippen molar-refractivity contribution in [2.24, 2.45) is 5.92 Å². The van der Waals surface area contributed by atoms with Gasteiger partial charge < -0.3 is 15.4 Å². The molecule has 0 spiro atoms. The lowest BCUT2D eigenvalue weighted by molar-refractivity contribution is -0.145. The topological polar surface area (TPSA) is 102 Å². The van der Waals surface area contributed by atoms with Gasteiger partial charge in [-0.1, -0.05) is 32.0 Å². The Morgan fingerprint density at radius 2 is 1.73 bits per heavy atom. The molecule has 7 nitrogen and oxygen atoms in total. The van der Waals surface area contributed by atoms with Gasteiger partial charge in [0.15, 0.2) is 0 Å². The Bertz CT molecular complexity index is 648. The van der Waals surface area contributed by atoms with E-state index in [9.17, 15) is 18.6 Å². The van der Waals surface area contributed by atoms with Gasteiger partial charge in [-0.05, 0) is 24.5 Å². The molecular formula is C18H26N2O5S. The SMILES string of the molecule is COC(=O)[C@H](CC[S@](=O)c1ccccc1)NC(=O)[C@H](NC(C)=O)C(C)C. The second-order valence-electron chi connectivity index (χ2n) is 6.16. The molecule has 0 aliphatic carbocycles. The van der Waals surface area contributed by atoms with Crippen LogP contribution in [-0.4, -0.2) is 46.9 Å². The monoisotopic (exact) mass is 382 g/mol. The minimum Gasteiger partial charge on any atom is -0.467 e. The number of esters is 1. The maximum atomic E-state index is 12.5. The number of methoxy groups -OCH3 is 1. The number of hydrogen-bond donors (Lipinski definition) is 2. The Hall–Kier alpha value is -2.22. The quantitative estimate of drug-likeness (QED) is 0.621. The fourth-order valence-corrected chi connectivity index (χ4v) is 3.47. The molecule has 2 N–H and O–H groups in total. The molecule has 0 aliphatic heterocycles. The van der Waals surface area contributed by atoms with Gasteiger partial charge in [-0.25, -0.2) is 4.79 Å². The van der Waals surface area contributed by atoms with E-state index in [-0.39, 0.29) is 24.0 Å². The Labute approximate surface area is 156 Å². The zero-order valence-corrected chi connectivity index (χ0v) is 16.3. The van der Waals surface area contributed by atoms with Gasteiger partial charge in [0.1, 0.15) is 12.1 Å². The second-order valence-corrected chi connectivity index (χ2v) is 7.73. The maximum absolute atomic E-state index is 12.5. The van der Waals surface area contributed by atoms with E-state index >= 15 is 0 Å². The summed E-state index contributed by atoms with van der Waals surface area (Å²) in [6, 6.07) is 7.18. The number of benzene rings is 1. The molecule has 0 saturated heterocycles. The van der Waals surface area contributed by atoms with Gasteiger partial charge in [0.05, 0.1) is 17.9 Å². The van der Waals surface area contributed by atoms with Crippen LogP contribution >= 0.6 is 0 Å². The van der Waals surface area contributed by atoms with Crippen molar-refractivity contribution in [2.45, 2.75) is 44.2 Å². The third-order valence-electron chi connectivity index (χ3n) is 3.71. The lowest BCUT2D eigenvalue weighted by Crippen LogP contribution is -2.53. The lowest BCUT2D eigenvalue weighted by Gasteiger charge is -2.24. The van der Waals surface area contributed by atoms with Gasteiger partial charge in [-0.2, -0.15) is 0 Å². The molecule has 0 radical (unpaired) electrons. The largest absolute Gasteiger partial charge is 0.467 e. The highest BCUT2D eigenvalue weighted by molar-refractivity contribution is 7.85. The van der Waals surface area contributed by atoms with Gasteiger partial charge in [0, 0.05) is 17.6 Å². The fourth-order valence-electron chi connectivity index (χ4n) is 2.32. The Kier molecular flexibility index (Phi) is 8.98. The summed E-state index contributed by atoms with van der Waals surface area (Å²) in [5, 5.41) is 5.17. The third-order valence-corrected chi connectivity index (χ3v) is 5.11. The van der Waals surface area contributed by atoms with Crippen molar-refractivity contribution in [3.8, 4) is 0 Å². The van der Waals surface area contributed by atoms with Crippen LogP contribution in [0, 0.1) is 5.92 Å². The molecular weight excluding hydrogens is 356 g/mol. The van der Waals surface area contributed by atoms with E-state index < -0.39 is 34.8 Å². The van der Waals surface area contributed by atoms with Gasteiger partial charge in [0.2, 0.25) is 11.8 Å².